The Morgan fingerprint density at radius 3 is 2.76 bits per heavy atom. The van der Waals surface area contributed by atoms with Gasteiger partial charge in [-0.2, -0.15) is 4.39 Å². The molecule has 2 aromatic heterocycles. The van der Waals surface area contributed by atoms with E-state index in [0.29, 0.717) is 35.1 Å². The number of halogens is 2. The van der Waals surface area contributed by atoms with Crippen LogP contribution in [0, 0.1) is 24.5 Å². The van der Waals surface area contributed by atoms with E-state index in [1.807, 2.05) is 19.1 Å². The van der Waals surface area contributed by atoms with Crippen molar-refractivity contribution < 1.29 is 18.3 Å². The predicted octanol–water partition coefficient (Wildman–Crippen LogP) is 4.30. The summed E-state index contributed by atoms with van der Waals surface area (Å²) in [6.07, 6.45) is 3.74. The second kappa shape index (κ2) is 9.44. The van der Waals surface area contributed by atoms with Crippen molar-refractivity contribution in [2.75, 3.05) is 25.0 Å². The van der Waals surface area contributed by atoms with E-state index in [2.05, 4.69) is 26.0 Å². The number of nitrogens with zero attached hydrogens (tertiary/aromatic N) is 3. The van der Waals surface area contributed by atoms with Crippen molar-refractivity contribution in [1.82, 2.24) is 25.2 Å². The first-order chi connectivity index (χ1) is 18.0. The van der Waals surface area contributed by atoms with Gasteiger partial charge in [0.15, 0.2) is 17.2 Å². The van der Waals surface area contributed by atoms with Crippen molar-refractivity contribution in [2.24, 2.45) is 5.92 Å². The number of amides is 1. The minimum absolute atomic E-state index is 0.0763. The van der Waals surface area contributed by atoms with Crippen molar-refractivity contribution in [3.05, 3.63) is 71.4 Å². The molecule has 0 bridgehead atoms. The van der Waals surface area contributed by atoms with Gasteiger partial charge >= 0.3 is 0 Å². The van der Waals surface area contributed by atoms with Gasteiger partial charge in [-0.3, -0.25) is 4.79 Å². The van der Waals surface area contributed by atoms with Gasteiger partial charge < -0.3 is 20.7 Å². The Labute approximate surface area is 212 Å². The molecule has 0 radical (unpaired) electrons. The fraction of sp³-hybridized carbons (Fsp3) is 0.296. The summed E-state index contributed by atoms with van der Waals surface area (Å²) in [5, 5.41) is 14.2. The second-order valence-electron chi connectivity index (χ2n) is 9.61. The summed E-state index contributed by atoms with van der Waals surface area (Å²) < 4.78 is 35.4. The van der Waals surface area contributed by atoms with Gasteiger partial charge in [0.05, 0.1) is 17.6 Å². The number of hydrogen-bond acceptors (Lipinski definition) is 6. The number of aromatic nitrogens is 3. The smallest absolute Gasteiger partial charge is 0.251 e. The molecular weight excluding hydrogens is 478 g/mol. The second-order valence-corrected chi connectivity index (χ2v) is 9.61. The average Bonchev–Trinajstić information content (AvgIpc) is 3.56. The topological polar surface area (TPSA) is 92.6 Å². The van der Waals surface area contributed by atoms with Crippen LogP contribution in [0.15, 0.2) is 48.7 Å². The zero-order valence-electron chi connectivity index (χ0n) is 20.2. The summed E-state index contributed by atoms with van der Waals surface area (Å²) in [6, 6.07) is 11.2. The Morgan fingerprint density at radius 1 is 1.19 bits per heavy atom. The van der Waals surface area contributed by atoms with Crippen LogP contribution in [0.2, 0.25) is 0 Å². The minimum atomic E-state index is -1.08. The first kappa shape index (κ1) is 23.4. The van der Waals surface area contributed by atoms with Crippen LogP contribution < -0.4 is 20.7 Å². The molecular formula is C27H26F2N6O2. The van der Waals surface area contributed by atoms with Gasteiger partial charge in [-0.25, -0.2) is 13.9 Å². The highest BCUT2D eigenvalue weighted by Crippen LogP contribution is 2.31. The Bertz CT molecular complexity index is 1500. The van der Waals surface area contributed by atoms with Crippen LogP contribution in [-0.2, 0) is 0 Å². The minimum Gasteiger partial charge on any atom is -0.434 e. The standard InChI is InChI=1S/C27H26F2N6O2/c1-15-9-17(5-8-19(15)27(36)33-18-6-7-18)22-14-32-26-21(31-13-16-11-30-12-16)10-24(34-35(22)26)37-23-4-2-3-20(28)25(23)29/h2-5,8-10,14,16,18,30-31H,6-7,11-13H2,1H3,(H,33,36). The number of imidazole rings is 1. The van der Waals surface area contributed by atoms with Gasteiger partial charge in [-0.1, -0.05) is 12.1 Å². The maximum atomic E-state index is 14.3. The lowest BCUT2D eigenvalue weighted by molar-refractivity contribution is 0.0950. The molecule has 10 heteroatoms. The molecule has 8 nitrogen and oxygen atoms in total. The molecule has 4 aromatic rings. The van der Waals surface area contributed by atoms with E-state index in [-0.39, 0.29) is 23.6 Å². The Hall–Kier alpha value is -4.05. The molecule has 0 spiro atoms. The van der Waals surface area contributed by atoms with Crippen LogP contribution in [0.3, 0.4) is 0 Å². The largest absolute Gasteiger partial charge is 0.434 e. The normalized spacial score (nSPS) is 15.4. The summed E-state index contributed by atoms with van der Waals surface area (Å²) in [5.41, 5.74) is 4.17. The molecule has 0 atom stereocenters. The van der Waals surface area contributed by atoms with Gasteiger partial charge in [0.25, 0.3) is 5.91 Å². The Kier molecular flexibility index (Phi) is 5.96. The van der Waals surface area contributed by atoms with E-state index >= 15 is 0 Å². The SMILES string of the molecule is Cc1cc(-c2cnc3c(NCC4CNC4)cc(Oc4cccc(F)c4F)nn23)ccc1C(=O)NC1CC1. The average molecular weight is 505 g/mol. The molecule has 1 saturated heterocycles. The molecule has 0 unspecified atom stereocenters. The van der Waals surface area contributed by atoms with Crippen molar-refractivity contribution in [3.8, 4) is 22.9 Å². The van der Waals surface area contributed by atoms with E-state index in [1.54, 1.807) is 22.8 Å². The number of carbonyl (C=O) groups is 1. The lowest BCUT2D eigenvalue weighted by atomic mass is 10.0. The molecule has 6 rings (SSSR count). The molecule has 37 heavy (non-hydrogen) atoms. The molecule has 1 amide bonds. The number of benzene rings is 2. The van der Waals surface area contributed by atoms with Crippen LogP contribution in [0.25, 0.3) is 16.9 Å². The third-order valence-corrected chi connectivity index (χ3v) is 6.70. The highest BCUT2D eigenvalue weighted by atomic mass is 19.2. The Balaban J connectivity index is 1.37. The lowest BCUT2D eigenvalue weighted by Gasteiger charge is -2.27. The van der Waals surface area contributed by atoms with Crippen molar-refractivity contribution in [1.29, 1.82) is 0 Å². The molecule has 190 valence electrons. The van der Waals surface area contributed by atoms with E-state index in [9.17, 15) is 13.6 Å². The zero-order chi connectivity index (χ0) is 25.5. The van der Waals surface area contributed by atoms with Crippen LogP contribution in [-0.4, -0.2) is 46.2 Å². The predicted molar refractivity (Wildman–Crippen MR) is 135 cm³/mol. The number of carbonyl (C=O) groups excluding carboxylic acids is 1. The number of fused-ring (bicyclic) bond motifs is 1. The van der Waals surface area contributed by atoms with Gasteiger partial charge in [-0.05, 0) is 49.6 Å². The first-order valence-electron chi connectivity index (χ1n) is 12.3. The highest BCUT2D eigenvalue weighted by Gasteiger charge is 2.25. The summed E-state index contributed by atoms with van der Waals surface area (Å²) in [6.45, 7) is 4.45. The summed E-state index contributed by atoms with van der Waals surface area (Å²) >= 11 is 0. The Morgan fingerprint density at radius 2 is 2.03 bits per heavy atom. The van der Waals surface area contributed by atoms with E-state index in [0.717, 1.165) is 43.1 Å². The summed E-state index contributed by atoms with van der Waals surface area (Å²) in [7, 11) is 0. The molecule has 3 N–H and O–H groups in total. The van der Waals surface area contributed by atoms with E-state index in [1.165, 1.54) is 12.1 Å². The molecule has 3 heterocycles. The third-order valence-electron chi connectivity index (χ3n) is 6.70. The van der Waals surface area contributed by atoms with Gasteiger partial charge in [-0.15, -0.1) is 5.10 Å². The maximum Gasteiger partial charge on any atom is 0.251 e. The molecule has 1 saturated carbocycles. The fourth-order valence-corrected chi connectivity index (χ4v) is 4.31. The number of rotatable bonds is 8. The van der Waals surface area contributed by atoms with Crippen molar-refractivity contribution in [3.63, 3.8) is 0 Å². The summed E-state index contributed by atoms with van der Waals surface area (Å²) in [4.78, 5) is 17.2. The van der Waals surface area contributed by atoms with E-state index < -0.39 is 11.6 Å². The number of nitrogens with one attached hydrogen (secondary N) is 3. The van der Waals surface area contributed by atoms with Gasteiger partial charge in [0.2, 0.25) is 11.7 Å². The maximum absolute atomic E-state index is 14.3. The molecule has 2 aliphatic rings. The summed E-state index contributed by atoms with van der Waals surface area (Å²) in [5.74, 6) is -1.86. The van der Waals surface area contributed by atoms with Crippen molar-refractivity contribution >= 4 is 17.2 Å². The fourth-order valence-electron chi connectivity index (χ4n) is 4.31. The number of aryl methyl sites for hydroxylation is 1. The quantitative estimate of drug-likeness (QED) is 0.332. The van der Waals surface area contributed by atoms with Gasteiger partial charge in [0, 0.05) is 48.8 Å². The zero-order valence-corrected chi connectivity index (χ0v) is 20.2. The van der Waals surface area contributed by atoms with Crippen LogP contribution in [0.1, 0.15) is 28.8 Å². The monoisotopic (exact) mass is 504 g/mol. The number of ether oxygens (including phenoxy) is 1. The molecule has 2 fully saturated rings. The molecule has 1 aliphatic heterocycles. The number of anilines is 1. The highest BCUT2D eigenvalue weighted by molar-refractivity contribution is 5.96. The first-order valence-corrected chi connectivity index (χ1v) is 12.3. The van der Waals surface area contributed by atoms with Crippen molar-refractivity contribution in [2.45, 2.75) is 25.8 Å². The van der Waals surface area contributed by atoms with E-state index in [4.69, 9.17) is 4.74 Å². The van der Waals surface area contributed by atoms with Gasteiger partial charge in [0.1, 0.15) is 0 Å². The van der Waals surface area contributed by atoms with Crippen LogP contribution in [0.4, 0.5) is 14.5 Å². The molecule has 1 aliphatic carbocycles. The third kappa shape index (κ3) is 4.72. The molecule has 2 aromatic carbocycles. The number of hydrogen-bond donors (Lipinski definition) is 3. The lowest BCUT2D eigenvalue weighted by Crippen LogP contribution is -2.45. The van der Waals surface area contributed by atoms with Crippen LogP contribution in [0.5, 0.6) is 11.6 Å². The van der Waals surface area contributed by atoms with Crippen LogP contribution >= 0.6 is 0 Å².